The number of carbonyl (C=O) groups is 1. The van der Waals surface area contributed by atoms with Crippen LogP contribution in [0.2, 0.25) is 0 Å². The third-order valence-corrected chi connectivity index (χ3v) is 1.75. The van der Waals surface area contributed by atoms with Gasteiger partial charge in [0.15, 0.2) is 5.78 Å². The SMILES string of the molecule is CC(C)(C)OC(C(=O)C(C)(C)C)C(F)(F)F. The summed E-state index contributed by atoms with van der Waals surface area (Å²) in [5.74, 6) is -0.949. The molecule has 0 aliphatic rings. The molecule has 16 heavy (non-hydrogen) atoms. The van der Waals surface area contributed by atoms with E-state index in [4.69, 9.17) is 4.74 Å². The highest BCUT2D eigenvalue weighted by atomic mass is 19.4. The fourth-order valence-electron chi connectivity index (χ4n) is 1.02. The highest BCUT2D eigenvalue weighted by Crippen LogP contribution is 2.32. The van der Waals surface area contributed by atoms with Gasteiger partial charge in [-0.1, -0.05) is 20.8 Å². The molecule has 96 valence electrons. The summed E-state index contributed by atoms with van der Waals surface area (Å²) in [7, 11) is 0. The van der Waals surface area contributed by atoms with Crippen molar-refractivity contribution in [2.24, 2.45) is 5.41 Å². The second-order valence-electron chi connectivity index (χ2n) is 5.77. The Morgan fingerprint density at radius 1 is 1.00 bits per heavy atom. The summed E-state index contributed by atoms with van der Waals surface area (Å²) in [6.45, 7) is 8.80. The molecule has 0 saturated carbocycles. The van der Waals surface area contributed by atoms with Crippen LogP contribution < -0.4 is 0 Å². The molecule has 0 fully saturated rings. The van der Waals surface area contributed by atoms with E-state index in [1.807, 2.05) is 0 Å². The van der Waals surface area contributed by atoms with Crippen LogP contribution in [0.1, 0.15) is 41.5 Å². The number of alkyl halides is 3. The molecule has 0 spiro atoms. The number of carbonyl (C=O) groups excluding carboxylic acids is 1. The molecule has 0 radical (unpaired) electrons. The Bertz CT molecular complexity index is 256. The molecule has 1 atom stereocenters. The first-order valence-corrected chi connectivity index (χ1v) is 5.04. The number of Topliss-reactive ketones (excluding diaryl/α,β-unsaturated/α-hetero) is 1. The summed E-state index contributed by atoms with van der Waals surface area (Å²) in [6.07, 6.45) is -7.02. The lowest BCUT2D eigenvalue weighted by Gasteiger charge is -2.31. The van der Waals surface area contributed by atoms with Gasteiger partial charge in [-0.15, -0.1) is 0 Å². The molecule has 0 N–H and O–H groups in total. The molecule has 0 heterocycles. The molecule has 0 amide bonds. The minimum absolute atomic E-state index is 0.949. The van der Waals surface area contributed by atoms with Crippen LogP contribution in [-0.4, -0.2) is 23.7 Å². The molecule has 0 rings (SSSR count). The largest absolute Gasteiger partial charge is 0.421 e. The zero-order valence-electron chi connectivity index (χ0n) is 10.5. The standard InChI is InChI=1S/C11H19F3O2/c1-9(2,3)7(15)8(11(12,13)14)16-10(4,5)6/h8H,1-6H3. The van der Waals surface area contributed by atoms with Gasteiger partial charge in [-0.05, 0) is 20.8 Å². The monoisotopic (exact) mass is 240 g/mol. The topological polar surface area (TPSA) is 26.3 Å². The zero-order valence-corrected chi connectivity index (χ0v) is 10.5. The van der Waals surface area contributed by atoms with Crippen molar-refractivity contribution in [1.82, 2.24) is 0 Å². The first-order chi connectivity index (χ1) is 6.75. The highest BCUT2D eigenvalue weighted by Gasteiger charge is 2.50. The number of halogens is 3. The van der Waals surface area contributed by atoms with Crippen molar-refractivity contribution in [3.63, 3.8) is 0 Å². The lowest BCUT2D eigenvalue weighted by Crippen LogP contribution is -2.48. The summed E-state index contributed by atoms with van der Waals surface area (Å²) < 4.78 is 42.9. The third-order valence-electron chi connectivity index (χ3n) is 1.75. The van der Waals surface area contributed by atoms with Crippen molar-refractivity contribution in [2.75, 3.05) is 0 Å². The van der Waals surface area contributed by atoms with Crippen LogP contribution >= 0.6 is 0 Å². The number of hydrogen-bond acceptors (Lipinski definition) is 2. The van der Waals surface area contributed by atoms with Crippen molar-refractivity contribution >= 4 is 5.78 Å². The van der Waals surface area contributed by atoms with E-state index >= 15 is 0 Å². The maximum absolute atomic E-state index is 12.7. The van der Waals surface area contributed by atoms with Crippen molar-refractivity contribution in [3.8, 4) is 0 Å². The van der Waals surface area contributed by atoms with E-state index in [2.05, 4.69) is 0 Å². The zero-order chi connectivity index (χ0) is 13.4. The van der Waals surface area contributed by atoms with Crippen molar-refractivity contribution in [1.29, 1.82) is 0 Å². The van der Waals surface area contributed by atoms with Gasteiger partial charge < -0.3 is 4.74 Å². The molecular formula is C11H19F3O2. The van der Waals surface area contributed by atoms with E-state index in [0.29, 0.717) is 0 Å². The van der Waals surface area contributed by atoms with Gasteiger partial charge in [-0.3, -0.25) is 4.79 Å². The van der Waals surface area contributed by atoms with Crippen molar-refractivity contribution in [2.45, 2.75) is 59.4 Å². The molecule has 0 aromatic rings. The maximum atomic E-state index is 12.7. The van der Waals surface area contributed by atoms with Crippen molar-refractivity contribution < 1.29 is 22.7 Å². The van der Waals surface area contributed by atoms with E-state index < -0.39 is 29.1 Å². The van der Waals surface area contributed by atoms with Crippen LogP contribution in [-0.2, 0) is 9.53 Å². The Kier molecular flexibility index (Phi) is 4.20. The Balaban J connectivity index is 5.06. The fourth-order valence-corrected chi connectivity index (χ4v) is 1.02. The molecule has 0 aromatic heterocycles. The molecule has 0 bridgehead atoms. The molecule has 0 aliphatic carbocycles. The van der Waals surface area contributed by atoms with E-state index in [-0.39, 0.29) is 0 Å². The van der Waals surface area contributed by atoms with Gasteiger partial charge in [0.25, 0.3) is 0 Å². The molecule has 5 heteroatoms. The minimum atomic E-state index is -4.67. The van der Waals surface area contributed by atoms with E-state index in [1.54, 1.807) is 0 Å². The van der Waals surface area contributed by atoms with Crippen molar-refractivity contribution in [3.05, 3.63) is 0 Å². The molecular weight excluding hydrogens is 221 g/mol. The average Bonchev–Trinajstić information content (AvgIpc) is 1.93. The minimum Gasteiger partial charge on any atom is -0.356 e. The van der Waals surface area contributed by atoms with E-state index in [1.165, 1.54) is 41.5 Å². The number of hydrogen-bond donors (Lipinski definition) is 0. The predicted molar refractivity (Wildman–Crippen MR) is 55.1 cm³/mol. The van der Waals surface area contributed by atoms with E-state index in [0.717, 1.165) is 0 Å². The predicted octanol–water partition coefficient (Wildman–Crippen LogP) is 3.35. The fraction of sp³-hybridized carbons (Fsp3) is 0.909. The van der Waals surface area contributed by atoms with Gasteiger partial charge in [-0.2, -0.15) is 13.2 Å². The lowest BCUT2D eigenvalue weighted by atomic mass is 9.87. The van der Waals surface area contributed by atoms with Crippen LogP contribution in [0, 0.1) is 5.41 Å². The van der Waals surface area contributed by atoms with E-state index in [9.17, 15) is 18.0 Å². The summed E-state index contributed by atoms with van der Waals surface area (Å²) in [4.78, 5) is 11.6. The molecule has 0 saturated heterocycles. The normalized spacial score (nSPS) is 16.1. The number of ether oxygens (including phenoxy) is 1. The van der Waals surface area contributed by atoms with Crippen LogP contribution in [0.4, 0.5) is 13.2 Å². The summed E-state index contributed by atoms with van der Waals surface area (Å²) in [5.41, 5.74) is -2.09. The first kappa shape index (κ1) is 15.4. The Morgan fingerprint density at radius 2 is 1.38 bits per heavy atom. The second-order valence-corrected chi connectivity index (χ2v) is 5.77. The van der Waals surface area contributed by atoms with Crippen LogP contribution in [0.3, 0.4) is 0 Å². The molecule has 1 unspecified atom stereocenters. The summed E-state index contributed by atoms with van der Waals surface area (Å²) in [6, 6.07) is 0. The molecule has 0 aromatic carbocycles. The first-order valence-electron chi connectivity index (χ1n) is 5.04. The Labute approximate surface area is 94.2 Å². The quantitative estimate of drug-likeness (QED) is 0.740. The Hall–Kier alpha value is -0.580. The van der Waals surface area contributed by atoms with Gasteiger partial charge in [0.1, 0.15) is 0 Å². The number of rotatable bonds is 2. The third kappa shape index (κ3) is 4.96. The van der Waals surface area contributed by atoms with Gasteiger partial charge in [0.05, 0.1) is 5.60 Å². The number of ketones is 1. The Morgan fingerprint density at radius 3 is 1.56 bits per heavy atom. The van der Waals surface area contributed by atoms with Crippen LogP contribution in [0.25, 0.3) is 0 Å². The van der Waals surface area contributed by atoms with Crippen LogP contribution in [0.15, 0.2) is 0 Å². The van der Waals surface area contributed by atoms with Gasteiger partial charge in [0.2, 0.25) is 6.10 Å². The van der Waals surface area contributed by atoms with Crippen LogP contribution in [0.5, 0.6) is 0 Å². The lowest BCUT2D eigenvalue weighted by molar-refractivity contribution is -0.242. The average molecular weight is 240 g/mol. The van der Waals surface area contributed by atoms with Gasteiger partial charge in [-0.25, -0.2) is 0 Å². The smallest absolute Gasteiger partial charge is 0.356 e. The molecule has 0 aliphatic heterocycles. The molecule has 2 nitrogen and oxygen atoms in total. The highest BCUT2D eigenvalue weighted by molar-refractivity contribution is 5.88. The maximum Gasteiger partial charge on any atom is 0.421 e. The summed E-state index contributed by atoms with van der Waals surface area (Å²) >= 11 is 0. The summed E-state index contributed by atoms with van der Waals surface area (Å²) in [5, 5.41) is 0. The van der Waals surface area contributed by atoms with Gasteiger partial charge in [0, 0.05) is 5.41 Å². The van der Waals surface area contributed by atoms with Gasteiger partial charge >= 0.3 is 6.18 Å². The second kappa shape index (κ2) is 4.35.